The van der Waals surface area contributed by atoms with Crippen molar-refractivity contribution in [1.82, 2.24) is 25.5 Å². The Kier molecular flexibility index (Phi) is 9.92. The Bertz CT molecular complexity index is 1140. The Labute approximate surface area is 212 Å². The van der Waals surface area contributed by atoms with E-state index in [1.54, 1.807) is 12.1 Å². The van der Waals surface area contributed by atoms with E-state index in [1.165, 1.54) is 23.3 Å². The number of rotatable bonds is 14. The molecule has 2 aromatic heterocycles. The summed E-state index contributed by atoms with van der Waals surface area (Å²) in [6, 6.07) is 27.0. The summed E-state index contributed by atoms with van der Waals surface area (Å²) in [5.41, 5.74) is 5.42. The molecule has 0 saturated carbocycles. The van der Waals surface area contributed by atoms with Crippen molar-refractivity contribution < 1.29 is 4.39 Å². The fourth-order valence-corrected chi connectivity index (χ4v) is 3.81. The molecule has 2 heterocycles. The van der Waals surface area contributed by atoms with Gasteiger partial charge in [-0.3, -0.25) is 20.2 Å². The van der Waals surface area contributed by atoms with Crippen LogP contribution in [0.2, 0.25) is 0 Å². The standard InChI is InChI=1S/C29H33FN6/c30-26-11-13-27(14-12-26)35-19-24-7-9-25(10-8-24)22-36(23-32-21-29-6-2-4-16-34-29)18-17-31-20-28-5-1-3-15-33-28/h1-16,31-32,35H,17-23H2. The number of anilines is 1. The largest absolute Gasteiger partial charge is 0.381 e. The minimum absolute atomic E-state index is 0.226. The predicted molar refractivity (Wildman–Crippen MR) is 142 cm³/mol. The highest BCUT2D eigenvalue weighted by molar-refractivity contribution is 5.43. The number of hydrogen-bond donors (Lipinski definition) is 3. The van der Waals surface area contributed by atoms with Gasteiger partial charge >= 0.3 is 0 Å². The summed E-state index contributed by atoms with van der Waals surface area (Å²) in [6.45, 7) is 5.54. The average molecular weight is 485 g/mol. The summed E-state index contributed by atoms with van der Waals surface area (Å²) < 4.78 is 13.1. The molecule has 0 aliphatic carbocycles. The fraction of sp³-hybridized carbons (Fsp3) is 0.241. The van der Waals surface area contributed by atoms with Crippen LogP contribution in [0.1, 0.15) is 22.5 Å². The number of nitrogens with zero attached hydrogens (tertiary/aromatic N) is 3. The normalized spacial score (nSPS) is 11.1. The van der Waals surface area contributed by atoms with Gasteiger partial charge in [-0.1, -0.05) is 36.4 Å². The van der Waals surface area contributed by atoms with Gasteiger partial charge in [0.05, 0.1) is 11.4 Å². The van der Waals surface area contributed by atoms with E-state index in [9.17, 15) is 4.39 Å². The first kappa shape index (κ1) is 25.4. The summed E-state index contributed by atoms with van der Waals surface area (Å²) in [4.78, 5) is 11.2. The lowest BCUT2D eigenvalue weighted by molar-refractivity contribution is 0.242. The third kappa shape index (κ3) is 8.85. The fourth-order valence-electron chi connectivity index (χ4n) is 3.81. The number of hydrogen-bond acceptors (Lipinski definition) is 6. The van der Waals surface area contributed by atoms with Crippen molar-refractivity contribution in [1.29, 1.82) is 0 Å². The summed E-state index contributed by atoms with van der Waals surface area (Å²) in [6.07, 6.45) is 3.65. The maximum Gasteiger partial charge on any atom is 0.123 e. The number of aromatic nitrogens is 2. The molecule has 0 aliphatic rings. The summed E-state index contributed by atoms with van der Waals surface area (Å²) in [5.74, 6) is -0.226. The van der Waals surface area contributed by atoms with E-state index in [1.807, 2.05) is 48.8 Å². The first-order chi connectivity index (χ1) is 17.7. The zero-order valence-electron chi connectivity index (χ0n) is 20.4. The lowest BCUT2D eigenvalue weighted by Gasteiger charge is -2.23. The first-order valence-corrected chi connectivity index (χ1v) is 12.3. The van der Waals surface area contributed by atoms with Gasteiger partial charge in [0.15, 0.2) is 0 Å². The van der Waals surface area contributed by atoms with Crippen molar-refractivity contribution in [2.75, 3.05) is 25.1 Å². The van der Waals surface area contributed by atoms with Crippen LogP contribution in [-0.4, -0.2) is 34.6 Å². The molecule has 0 bridgehead atoms. The third-order valence-corrected chi connectivity index (χ3v) is 5.77. The Morgan fingerprint density at radius 3 is 1.94 bits per heavy atom. The second-order valence-corrected chi connectivity index (χ2v) is 8.63. The average Bonchev–Trinajstić information content (AvgIpc) is 2.92. The first-order valence-electron chi connectivity index (χ1n) is 12.3. The summed E-state index contributed by atoms with van der Waals surface area (Å²) >= 11 is 0. The van der Waals surface area contributed by atoms with E-state index in [4.69, 9.17) is 0 Å². The van der Waals surface area contributed by atoms with Gasteiger partial charge in [-0.05, 0) is 59.7 Å². The number of benzene rings is 2. The second-order valence-electron chi connectivity index (χ2n) is 8.63. The lowest BCUT2D eigenvalue weighted by Crippen LogP contribution is -2.38. The maximum atomic E-state index is 13.1. The maximum absolute atomic E-state index is 13.1. The zero-order valence-corrected chi connectivity index (χ0v) is 20.4. The predicted octanol–water partition coefficient (Wildman–Crippen LogP) is 4.57. The van der Waals surface area contributed by atoms with Crippen molar-refractivity contribution in [2.24, 2.45) is 0 Å². The van der Waals surface area contributed by atoms with Gasteiger partial charge in [0.25, 0.3) is 0 Å². The highest BCUT2D eigenvalue weighted by Crippen LogP contribution is 2.12. The molecule has 0 atom stereocenters. The molecule has 4 aromatic rings. The Morgan fingerprint density at radius 2 is 1.31 bits per heavy atom. The quantitative estimate of drug-likeness (QED) is 0.180. The van der Waals surface area contributed by atoms with Crippen LogP contribution in [0, 0.1) is 5.82 Å². The van der Waals surface area contributed by atoms with E-state index in [0.29, 0.717) is 6.54 Å². The molecule has 186 valence electrons. The molecule has 0 unspecified atom stereocenters. The van der Waals surface area contributed by atoms with Crippen molar-refractivity contribution in [3.8, 4) is 0 Å². The van der Waals surface area contributed by atoms with Crippen molar-refractivity contribution in [3.05, 3.63) is 126 Å². The van der Waals surface area contributed by atoms with Crippen LogP contribution in [0.3, 0.4) is 0 Å². The molecular formula is C29H33FN6. The van der Waals surface area contributed by atoms with Gasteiger partial charge in [0.1, 0.15) is 5.82 Å². The SMILES string of the molecule is Fc1ccc(NCc2ccc(CN(CCNCc3ccccn3)CNCc3ccccn3)cc2)cc1. The highest BCUT2D eigenvalue weighted by Gasteiger charge is 2.07. The van der Waals surface area contributed by atoms with E-state index < -0.39 is 0 Å². The van der Waals surface area contributed by atoms with Gasteiger partial charge in [-0.15, -0.1) is 0 Å². The minimum Gasteiger partial charge on any atom is -0.381 e. The highest BCUT2D eigenvalue weighted by atomic mass is 19.1. The molecule has 6 nitrogen and oxygen atoms in total. The minimum atomic E-state index is -0.226. The lowest BCUT2D eigenvalue weighted by atomic mass is 10.1. The zero-order chi connectivity index (χ0) is 24.8. The molecule has 0 spiro atoms. The molecule has 3 N–H and O–H groups in total. The van der Waals surface area contributed by atoms with E-state index in [2.05, 4.69) is 55.1 Å². The van der Waals surface area contributed by atoms with E-state index in [-0.39, 0.29) is 5.82 Å². The molecule has 4 rings (SSSR count). The van der Waals surface area contributed by atoms with Crippen molar-refractivity contribution in [3.63, 3.8) is 0 Å². The monoisotopic (exact) mass is 484 g/mol. The second kappa shape index (κ2) is 14.0. The van der Waals surface area contributed by atoms with Gasteiger partial charge in [0, 0.05) is 64.0 Å². The van der Waals surface area contributed by atoms with Crippen LogP contribution in [0.4, 0.5) is 10.1 Å². The van der Waals surface area contributed by atoms with Crippen LogP contribution in [0.5, 0.6) is 0 Å². The van der Waals surface area contributed by atoms with Crippen molar-refractivity contribution >= 4 is 5.69 Å². The van der Waals surface area contributed by atoms with E-state index in [0.717, 1.165) is 56.5 Å². The Hall–Kier alpha value is -3.65. The molecule has 0 fully saturated rings. The molecule has 0 radical (unpaired) electrons. The summed E-state index contributed by atoms with van der Waals surface area (Å²) in [5, 5.41) is 10.3. The van der Waals surface area contributed by atoms with Gasteiger partial charge in [-0.25, -0.2) is 4.39 Å². The molecule has 0 amide bonds. The topological polar surface area (TPSA) is 65.1 Å². The van der Waals surface area contributed by atoms with Crippen LogP contribution < -0.4 is 16.0 Å². The van der Waals surface area contributed by atoms with Gasteiger partial charge in [-0.2, -0.15) is 0 Å². The van der Waals surface area contributed by atoms with Crippen LogP contribution in [-0.2, 0) is 26.2 Å². The third-order valence-electron chi connectivity index (χ3n) is 5.77. The molecule has 0 aliphatic heterocycles. The van der Waals surface area contributed by atoms with Crippen LogP contribution in [0.15, 0.2) is 97.3 Å². The van der Waals surface area contributed by atoms with Crippen LogP contribution in [0.25, 0.3) is 0 Å². The van der Waals surface area contributed by atoms with Crippen LogP contribution >= 0.6 is 0 Å². The number of nitrogens with one attached hydrogen (secondary N) is 3. The smallest absolute Gasteiger partial charge is 0.123 e. The molecule has 2 aromatic carbocycles. The van der Waals surface area contributed by atoms with Crippen molar-refractivity contribution in [2.45, 2.75) is 26.2 Å². The number of halogens is 1. The number of pyridine rings is 2. The van der Waals surface area contributed by atoms with Gasteiger partial charge < -0.3 is 10.6 Å². The molecule has 36 heavy (non-hydrogen) atoms. The summed E-state index contributed by atoms with van der Waals surface area (Å²) in [7, 11) is 0. The Balaban J connectivity index is 1.28. The molecular weight excluding hydrogens is 451 g/mol. The Morgan fingerprint density at radius 1 is 0.667 bits per heavy atom. The van der Waals surface area contributed by atoms with Gasteiger partial charge in [0.2, 0.25) is 0 Å². The van der Waals surface area contributed by atoms with E-state index >= 15 is 0 Å². The molecule has 7 heteroatoms. The molecule has 0 saturated heterocycles.